The third-order valence-electron chi connectivity index (χ3n) is 4.91. The first kappa shape index (κ1) is 22.0. The van der Waals surface area contributed by atoms with Gasteiger partial charge in [0.15, 0.2) is 5.82 Å². The summed E-state index contributed by atoms with van der Waals surface area (Å²) in [4.78, 5) is 23.5. The fraction of sp³-hybridized carbons (Fsp3) is 0.455. The minimum Gasteiger partial charge on any atom is -0.299 e. The highest BCUT2D eigenvalue weighted by molar-refractivity contribution is 6.32. The van der Waals surface area contributed by atoms with E-state index in [1.54, 1.807) is 11.1 Å². The first-order valence-corrected chi connectivity index (χ1v) is 10.7. The molecule has 1 amide bonds. The number of benzene rings is 1. The lowest BCUT2D eigenvalue weighted by Gasteiger charge is -2.27. The highest BCUT2D eigenvalue weighted by Gasteiger charge is 2.19. The van der Waals surface area contributed by atoms with E-state index in [0.717, 1.165) is 25.2 Å². The number of carbonyl (C=O) groups excluding carboxylic acids is 1. The predicted molar refractivity (Wildman–Crippen MR) is 117 cm³/mol. The van der Waals surface area contributed by atoms with Gasteiger partial charge in [-0.15, -0.1) is 0 Å². The van der Waals surface area contributed by atoms with Gasteiger partial charge in [-0.3, -0.25) is 20.1 Å². The molecule has 0 atom stereocenters. The van der Waals surface area contributed by atoms with Gasteiger partial charge in [0.25, 0.3) is 5.91 Å². The number of carbonyl (C=O) groups is 1. The zero-order valence-corrected chi connectivity index (χ0v) is 18.2. The lowest BCUT2D eigenvalue weighted by Crippen LogP contribution is -2.45. The summed E-state index contributed by atoms with van der Waals surface area (Å²) in [5.74, 6) is 0.298. The lowest BCUT2D eigenvalue weighted by atomic mass is 10.1. The number of nitrogens with zero attached hydrogens (tertiary/aromatic N) is 5. The van der Waals surface area contributed by atoms with E-state index in [2.05, 4.69) is 26.4 Å². The highest BCUT2D eigenvalue weighted by Crippen LogP contribution is 2.22. The molecule has 1 aliphatic rings. The van der Waals surface area contributed by atoms with Crippen molar-refractivity contribution in [2.24, 2.45) is 5.92 Å². The van der Waals surface area contributed by atoms with Crippen molar-refractivity contribution in [1.82, 2.24) is 20.3 Å². The van der Waals surface area contributed by atoms with E-state index in [0.29, 0.717) is 17.9 Å². The van der Waals surface area contributed by atoms with Crippen LogP contribution < -0.4 is 10.4 Å². The van der Waals surface area contributed by atoms with Crippen LogP contribution in [0.1, 0.15) is 54.9 Å². The molecule has 0 bridgehead atoms. The van der Waals surface area contributed by atoms with Crippen molar-refractivity contribution >= 4 is 23.3 Å². The molecule has 3 rings (SSSR count). The van der Waals surface area contributed by atoms with E-state index in [1.807, 2.05) is 32.0 Å². The summed E-state index contributed by atoms with van der Waals surface area (Å²) in [5.41, 5.74) is 4.59. The third kappa shape index (κ3) is 5.91. The van der Waals surface area contributed by atoms with Crippen LogP contribution in [0.3, 0.4) is 0 Å². The fourth-order valence-corrected chi connectivity index (χ4v) is 3.72. The zero-order valence-electron chi connectivity index (χ0n) is 17.4. The maximum absolute atomic E-state index is 13.0. The molecule has 158 valence electrons. The molecule has 2 aromatic rings. The number of amides is 1. The number of hydrogen-bond acceptors (Lipinski definition) is 6. The average Bonchev–Trinajstić information content (AvgIpc) is 2.74. The molecule has 2 heterocycles. The SMILES string of the molecule is CC(C)CN(NC(=O)c1cccc(CN2CCCCC2)c1)c1nc(C#N)ncc1Cl. The number of nitriles is 1. The Morgan fingerprint density at radius 2 is 2.10 bits per heavy atom. The van der Waals surface area contributed by atoms with Crippen molar-refractivity contribution in [2.75, 3.05) is 24.6 Å². The molecule has 0 aliphatic carbocycles. The number of hydrazine groups is 1. The van der Waals surface area contributed by atoms with Gasteiger partial charge in [0, 0.05) is 18.7 Å². The second kappa shape index (κ2) is 10.4. The van der Waals surface area contributed by atoms with Crippen molar-refractivity contribution in [3.8, 4) is 6.07 Å². The molecule has 0 spiro atoms. The molecule has 1 aromatic carbocycles. The number of halogens is 1. The van der Waals surface area contributed by atoms with Crippen molar-refractivity contribution < 1.29 is 4.79 Å². The standard InChI is InChI=1S/C22H27ClN6O/c1-16(2)14-29(21-19(23)13-25-20(12-24)26-21)27-22(30)18-8-6-7-17(11-18)15-28-9-4-3-5-10-28/h6-8,11,13,16H,3-5,9-10,14-15H2,1-2H3,(H,27,30). The number of rotatable bonds is 7. The number of hydrogen-bond donors (Lipinski definition) is 1. The van der Waals surface area contributed by atoms with Crippen LogP contribution in [0.4, 0.5) is 5.82 Å². The summed E-state index contributed by atoms with van der Waals surface area (Å²) < 4.78 is 0. The normalized spacial score (nSPS) is 14.4. The smallest absolute Gasteiger partial charge is 0.269 e. The molecular weight excluding hydrogens is 400 g/mol. The Hall–Kier alpha value is -2.69. The summed E-state index contributed by atoms with van der Waals surface area (Å²) in [7, 11) is 0. The summed E-state index contributed by atoms with van der Waals surface area (Å²) in [5, 5.41) is 11.0. The second-order valence-electron chi connectivity index (χ2n) is 7.96. The lowest BCUT2D eigenvalue weighted by molar-refractivity contribution is 0.0947. The topological polar surface area (TPSA) is 85.2 Å². The van der Waals surface area contributed by atoms with Crippen LogP contribution in [-0.2, 0) is 6.54 Å². The summed E-state index contributed by atoms with van der Waals surface area (Å²) >= 11 is 6.26. The Morgan fingerprint density at radius 1 is 1.33 bits per heavy atom. The molecule has 1 aromatic heterocycles. The van der Waals surface area contributed by atoms with E-state index in [1.165, 1.54) is 25.5 Å². The van der Waals surface area contributed by atoms with E-state index >= 15 is 0 Å². The number of likely N-dealkylation sites (tertiary alicyclic amines) is 1. The Bertz CT molecular complexity index is 920. The third-order valence-corrected chi connectivity index (χ3v) is 5.18. The summed E-state index contributed by atoms with van der Waals surface area (Å²) in [6, 6.07) is 9.60. The van der Waals surface area contributed by atoms with Gasteiger partial charge in [-0.25, -0.2) is 4.98 Å². The molecule has 0 radical (unpaired) electrons. The molecule has 30 heavy (non-hydrogen) atoms. The van der Waals surface area contributed by atoms with E-state index in [-0.39, 0.29) is 22.7 Å². The molecular formula is C22H27ClN6O. The van der Waals surface area contributed by atoms with Gasteiger partial charge in [0.05, 0.1) is 6.20 Å². The van der Waals surface area contributed by atoms with Gasteiger partial charge in [-0.05, 0) is 49.5 Å². The number of anilines is 1. The van der Waals surface area contributed by atoms with Crippen LogP contribution in [0.2, 0.25) is 5.02 Å². The van der Waals surface area contributed by atoms with E-state index < -0.39 is 0 Å². The van der Waals surface area contributed by atoms with Crippen molar-refractivity contribution in [3.63, 3.8) is 0 Å². The maximum Gasteiger partial charge on any atom is 0.269 e. The predicted octanol–water partition coefficient (Wildman–Crippen LogP) is 3.79. The van der Waals surface area contributed by atoms with Gasteiger partial charge in [-0.1, -0.05) is 44.0 Å². The number of nitrogens with one attached hydrogen (secondary N) is 1. The Morgan fingerprint density at radius 3 is 2.80 bits per heavy atom. The van der Waals surface area contributed by atoms with Crippen LogP contribution in [-0.4, -0.2) is 40.4 Å². The average molecular weight is 427 g/mol. The first-order valence-electron chi connectivity index (χ1n) is 10.3. The fourth-order valence-electron chi connectivity index (χ4n) is 3.53. The molecule has 1 aliphatic heterocycles. The minimum absolute atomic E-state index is 0.000865. The number of piperidine rings is 1. The van der Waals surface area contributed by atoms with Gasteiger partial charge in [0.1, 0.15) is 11.1 Å². The Kier molecular flexibility index (Phi) is 7.61. The Balaban J connectivity index is 1.77. The van der Waals surface area contributed by atoms with E-state index in [9.17, 15) is 4.79 Å². The van der Waals surface area contributed by atoms with E-state index in [4.69, 9.17) is 16.9 Å². The van der Waals surface area contributed by atoms with Crippen molar-refractivity contribution in [1.29, 1.82) is 5.26 Å². The van der Waals surface area contributed by atoms with Crippen LogP contribution in [0.5, 0.6) is 0 Å². The van der Waals surface area contributed by atoms with Crippen LogP contribution >= 0.6 is 11.6 Å². The monoisotopic (exact) mass is 426 g/mol. The van der Waals surface area contributed by atoms with Gasteiger partial charge in [-0.2, -0.15) is 10.2 Å². The van der Waals surface area contributed by atoms with Gasteiger partial charge >= 0.3 is 0 Å². The second-order valence-corrected chi connectivity index (χ2v) is 8.37. The van der Waals surface area contributed by atoms with Crippen molar-refractivity contribution in [2.45, 2.75) is 39.7 Å². The molecule has 8 heteroatoms. The zero-order chi connectivity index (χ0) is 21.5. The maximum atomic E-state index is 13.0. The molecule has 7 nitrogen and oxygen atoms in total. The quantitative estimate of drug-likeness (QED) is 0.678. The first-order chi connectivity index (χ1) is 14.5. The largest absolute Gasteiger partial charge is 0.299 e. The molecule has 1 N–H and O–H groups in total. The highest BCUT2D eigenvalue weighted by atomic mass is 35.5. The Labute approximate surface area is 182 Å². The number of aromatic nitrogens is 2. The van der Waals surface area contributed by atoms with Gasteiger partial charge in [0.2, 0.25) is 5.82 Å². The molecule has 0 saturated carbocycles. The summed E-state index contributed by atoms with van der Waals surface area (Å²) in [6.45, 7) is 7.59. The molecule has 0 unspecified atom stereocenters. The van der Waals surface area contributed by atoms with Crippen LogP contribution in [0, 0.1) is 17.2 Å². The minimum atomic E-state index is -0.246. The van der Waals surface area contributed by atoms with Crippen LogP contribution in [0.15, 0.2) is 30.5 Å². The van der Waals surface area contributed by atoms with Gasteiger partial charge < -0.3 is 0 Å². The molecule has 1 fully saturated rings. The summed E-state index contributed by atoms with van der Waals surface area (Å²) in [6.07, 6.45) is 5.13. The van der Waals surface area contributed by atoms with Crippen LogP contribution in [0.25, 0.3) is 0 Å². The van der Waals surface area contributed by atoms with Crippen molar-refractivity contribution in [3.05, 3.63) is 52.4 Å². The molecule has 1 saturated heterocycles.